The van der Waals surface area contributed by atoms with Crippen LogP contribution in [-0.2, 0) is 16.0 Å². The van der Waals surface area contributed by atoms with E-state index in [1.807, 2.05) is 19.1 Å². The van der Waals surface area contributed by atoms with E-state index in [1.54, 1.807) is 12.1 Å². The number of pyridine rings is 1. The van der Waals surface area contributed by atoms with Crippen LogP contribution in [0.4, 0.5) is 5.69 Å². The Morgan fingerprint density at radius 3 is 2.40 bits per heavy atom. The lowest BCUT2D eigenvalue weighted by Crippen LogP contribution is -2.30. The molecule has 0 radical (unpaired) electrons. The number of hydrogen-bond donors (Lipinski definition) is 1. The number of ether oxygens (including phenoxy) is 1. The smallest absolute Gasteiger partial charge is 0.359 e. The molecule has 5 nitrogen and oxygen atoms in total. The van der Waals surface area contributed by atoms with E-state index in [0.717, 1.165) is 12.0 Å². The zero-order valence-corrected chi connectivity index (χ0v) is 15.7. The van der Waals surface area contributed by atoms with Crippen LogP contribution in [0.2, 0.25) is 15.1 Å². The number of amides is 1. The van der Waals surface area contributed by atoms with Crippen molar-refractivity contribution in [2.45, 2.75) is 26.4 Å². The second kappa shape index (κ2) is 8.52. The molecule has 2 rings (SSSR count). The lowest BCUT2D eigenvalue weighted by Gasteiger charge is -2.14. The predicted octanol–water partition coefficient (Wildman–Crippen LogP) is 4.79. The molecule has 0 aliphatic rings. The van der Waals surface area contributed by atoms with Gasteiger partial charge in [-0.2, -0.15) is 0 Å². The third-order valence-electron chi connectivity index (χ3n) is 3.39. The van der Waals surface area contributed by atoms with Crippen molar-refractivity contribution in [3.63, 3.8) is 0 Å². The minimum atomic E-state index is -1.05. The van der Waals surface area contributed by atoms with Crippen molar-refractivity contribution in [2.75, 3.05) is 5.32 Å². The molecule has 2 aromatic rings. The van der Waals surface area contributed by atoms with Crippen molar-refractivity contribution in [1.29, 1.82) is 0 Å². The molecule has 1 aromatic carbocycles. The maximum Gasteiger partial charge on any atom is 0.359 e. The largest absolute Gasteiger partial charge is 0.448 e. The fourth-order valence-corrected chi connectivity index (χ4v) is 2.48. The summed E-state index contributed by atoms with van der Waals surface area (Å²) in [5.41, 5.74) is 1.55. The number of halogens is 3. The van der Waals surface area contributed by atoms with Gasteiger partial charge < -0.3 is 10.1 Å². The Morgan fingerprint density at radius 1 is 1.16 bits per heavy atom. The highest BCUT2D eigenvalue weighted by Crippen LogP contribution is 2.31. The lowest BCUT2D eigenvalue weighted by molar-refractivity contribution is -0.123. The number of carbonyl (C=O) groups excluding carboxylic acids is 2. The Labute approximate surface area is 160 Å². The molecule has 8 heteroatoms. The summed E-state index contributed by atoms with van der Waals surface area (Å²) in [5, 5.41) is 2.66. The topological polar surface area (TPSA) is 68.3 Å². The van der Waals surface area contributed by atoms with Crippen molar-refractivity contribution < 1.29 is 14.3 Å². The Balaban J connectivity index is 2.02. The molecule has 132 valence electrons. The summed E-state index contributed by atoms with van der Waals surface area (Å²) >= 11 is 17.6. The number of nitrogens with zero attached hydrogens (tertiary/aromatic N) is 1. The third kappa shape index (κ3) is 4.84. The molecule has 0 aliphatic carbocycles. The van der Waals surface area contributed by atoms with Gasteiger partial charge in [-0.1, -0.05) is 53.9 Å². The van der Waals surface area contributed by atoms with Gasteiger partial charge in [0, 0.05) is 11.9 Å². The summed E-state index contributed by atoms with van der Waals surface area (Å²) in [7, 11) is 0. The van der Waals surface area contributed by atoms with Gasteiger partial charge in [0.2, 0.25) is 0 Å². The van der Waals surface area contributed by atoms with E-state index < -0.39 is 18.0 Å². The molecule has 0 spiro atoms. The number of anilines is 1. The zero-order valence-electron chi connectivity index (χ0n) is 13.5. The van der Waals surface area contributed by atoms with Gasteiger partial charge in [0.1, 0.15) is 0 Å². The van der Waals surface area contributed by atoms with Crippen LogP contribution in [0, 0.1) is 0 Å². The fraction of sp³-hybridized carbons (Fsp3) is 0.235. The number of hydrogen-bond acceptors (Lipinski definition) is 4. The van der Waals surface area contributed by atoms with Gasteiger partial charge in [0.05, 0.1) is 15.1 Å². The van der Waals surface area contributed by atoms with Crippen LogP contribution in [0.25, 0.3) is 0 Å². The van der Waals surface area contributed by atoms with E-state index in [9.17, 15) is 9.59 Å². The fourth-order valence-electron chi connectivity index (χ4n) is 1.92. The first-order valence-electron chi connectivity index (χ1n) is 7.43. The average molecular weight is 402 g/mol. The molecule has 1 aromatic heterocycles. The molecule has 1 N–H and O–H groups in total. The number of nitrogens with one attached hydrogen (secondary N) is 1. The molecular weight excluding hydrogens is 387 g/mol. The van der Waals surface area contributed by atoms with Crippen molar-refractivity contribution >= 4 is 52.4 Å². The van der Waals surface area contributed by atoms with Crippen LogP contribution in [0.1, 0.15) is 29.9 Å². The Hall–Kier alpha value is -1.82. The lowest BCUT2D eigenvalue weighted by atomic mass is 10.1. The maximum absolute atomic E-state index is 12.2. The quantitative estimate of drug-likeness (QED) is 0.732. The Morgan fingerprint density at radius 2 is 1.80 bits per heavy atom. The summed E-state index contributed by atoms with van der Waals surface area (Å²) in [4.78, 5) is 28.1. The van der Waals surface area contributed by atoms with E-state index >= 15 is 0 Å². The summed E-state index contributed by atoms with van der Waals surface area (Å²) < 4.78 is 5.09. The number of carbonyl (C=O) groups is 2. The highest BCUT2D eigenvalue weighted by Gasteiger charge is 2.23. The third-order valence-corrected chi connectivity index (χ3v) is 4.63. The number of aromatic nitrogens is 1. The molecule has 0 unspecified atom stereocenters. The average Bonchev–Trinajstić information content (AvgIpc) is 2.60. The molecule has 0 bridgehead atoms. The molecule has 1 amide bonds. The highest BCUT2D eigenvalue weighted by molar-refractivity contribution is 6.48. The van der Waals surface area contributed by atoms with Gasteiger partial charge >= 0.3 is 5.97 Å². The first kappa shape index (κ1) is 19.5. The highest BCUT2D eigenvalue weighted by atomic mass is 35.5. The number of esters is 1. The van der Waals surface area contributed by atoms with Crippen molar-refractivity contribution in [2.24, 2.45) is 0 Å². The monoisotopic (exact) mass is 400 g/mol. The first-order chi connectivity index (χ1) is 11.8. The molecule has 0 aliphatic heterocycles. The van der Waals surface area contributed by atoms with Crippen LogP contribution in [-0.4, -0.2) is 23.0 Å². The van der Waals surface area contributed by atoms with Gasteiger partial charge in [-0.25, -0.2) is 9.78 Å². The number of rotatable bonds is 5. The first-order valence-corrected chi connectivity index (χ1v) is 8.57. The number of benzene rings is 1. The maximum atomic E-state index is 12.2. The van der Waals surface area contributed by atoms with Gasteiger partial charge in [-0.3, -0.25) is 4.79 Å². The molecule has 0 fully saturated rings. The van der Waals surface area contributed by atoms with Crippen LogP contribution >= 0.6 is 34.8 Å². The van der Waals surface area contributed by atoms with Gasteiger partial charge in [-0.05, 0) is 31.0 Å². The van der Waals surface area contributed by atoms with E-state index in [4.69, 9.17) is 39.5 Å². The van der Waals surface area contributed by atoms with Crippen LogP contribution < -0.4 is 5.32 Å². The van der Waals surface area contributed by atoms with Gasteiger partial charge in [0.25, 0.3) is 5.91 Å². The molecule has 25 heavy (non-hydrogen) atoms. The van der Waals surface area contributed by atoms with Crippen molar-refractivity contribution in [3.8, 4) is 0 Å². The van der Waals surface area contributed by atoms with Crippen molar-refractivity contribution in [1.82, 2.24) is 4.98 Å². The van der Waals surface area contributed by atoms with Crippen molar-refractivity contribution in [3.05, 3.63) is 56.8 Å². The Kier molecular flexibility index (Phi) is 6.64. The van der Waals surface area contributed by atoms with E-state index in [0.29, 0.717) is 5.69 Å². The van der Waals surface area contributed by atoms with E-state index in [-0.39, 0.29) is 20.8 Å². The van der Waals surface area contributed by atoms with E-state index in [2.05, 4.69) is 10.3 Å². The SMILES string of the molecule is CCc1ccc(NC(=O)[C@@H](C)OC(=O)c2ncc(Cl)c(Cl)c2Cl)cc1. The van der Waals surface area contributed by atoms with Crippen LogP contribution in [0.3, 0.4) is 0 Å². The second-order valence-corrected chi connectivity index (χ2v) is 6.33. The molecule has 1 heterocycles. The van der Waals surface area contributed by atoms with Gasteiger partial charge in [0.15, 0.2) is 11.8 Å². The molecule has 1 atom stereocenters. The molecule has 0 saturated carbocycles. The summed E-state index contributed by atoms with van der Waals surface area (Å²) in [6.07, 6.45) is 1.04. The van der Waals surface area contributed by atoms with E-state index in [1.165, 1.54) is 13.1 Å². The standard InChI is InChI=1S/C17H15Cl3N2O3/c1-3-10-4-6-11(7-5-10)22-16(23)9(2)25-17(24)15-14(20)13(19)12(18)8-21-15/h4-9H,3H2,1-2H3,(H,22,23)/t9-/m1/s1. The van der Waals surface area contributed by atoms with Crippen LogP contribution in [0.5, 0.6) is 0 Å². The second-order valence-electron chi connectivity index (χ2n) is 5.17. The summed E-state index contributed by atoms with van der Waals surface area (Å²) in [6.45, 7) is 3.48. The minimum absolute atomic E-state index is 0.00148. The molecule has 0 saturated heterocycles. The normalized spacial score (nSPS) is 11.7. The van der Waals surface area contributed by atoms with Crippen LogP contribution in [0.15, 0.2) is 30.5 Å². The molecular formula is C17H15Cl3N2O3. The Bertz CT molecular complexity index is 794. The minimum Gasteiger partial charge on any atom is -0.448 e. The summed E-state index contributed by atoms with van der Waals surface area (Å²) in [6, 6.07) is 7.38. The summed E-state index contributed by atoms with van der Waals surface area (Å²) in [5.74, 6) is -1.35. The van der Waals surface area contributed by atoms with Gasteiger partial charge in [-0.15, -0.1) is 0 Å². The predicted molar refractivity (Wildman–Crippen MR) is 98.6 cm³/mol. The number of aryl methyl sites for hydroxylation is 1. The zero-order chi connectivity index (χ0) is 18.6.